The number of nitrogens with zero attached hydrogens (tertiary/aromatic N) is 1. The number of ether oxygens (including phenoxy) is 2. The van der Waals surface area contributed by atoms with Gasteiger partial charge in [0.05, 0.1) is 31.0 Å². The van der Waals surface area contributed by atoms with Crippen molar-refractivity contribution in [3.05, 3.63) is 54.0 Å². The topological polar surface area (TPSA) is 90.7 Å². The van der Waals surface area contributed by atoms with Crippen molar-refractivity contribution in [2.45, 2.75) is 18.7 Å². The lowest BCUT2D eigenvalue weighted by Crippen LogP contribution is -2.14. The molecule has 0 aliphatic heterocycles. The summed E-state index contributed by atoms with van der Waals surface area (Å²) in [4.78, 5) is 4.21. The molecule has 0 unspecified atom stereocenters. The molecule has 2 aromatic carbocycles. The van der Waals surface area contributed by atoms with E-state index in [9.17, 15) is 8.42 Å². The van der Waals surface area contributed by atoms with Crippen LogP contribution in [-0.2, 0) is 10.0 Å². The van der Waals surface area contributed by atoms with E-state index in [1.807, 2.05) is 0 Å². The Morgan fingerprint density at radius 3 is 2.37 bits per heavy atom. The van der Waals surface area contributed by atoms with Crippen LogP contribution in [0.3, 0.4) is 0 Å². The highest BCUT2D eigenvalue weighted by Gasteiger charge is 2.19. The van der Waals surface area contributed by atoms with Gasteiger partial charge in [0.15, 0.2) is 23.1 Å². The van der Waals surface area contributed by atoms with Crippen molar-refractivity contribution in [3.63, 3.8) is 0 Å². The summed E-state index contributed by atoms with van der Waals surface area (Å²) in [5.41, 5.74) is 1.62. The van der Waals surface area contributed by atoms with Crippen LogP contribution in [0.15, 0.2) is 51.9 Å². The Balaban J connectivity index is 1.97. The van der Waals surface area contributed by atoms with Crippen molar-refractivity contribution in [3.8, 4) is 22.8 Å². The van der Waals surface area contributed by atoms with Crippen molar-refractivity contribution in [1.29, 1.82) is 0 Å². The lowest BCUT2D eigenvalue weighted by molar-refractivity contribution is 0.355. The summed E-state index contributed by atoms with van der Waals surface area (Å²) in [7, 11) is -0.816. The van der Waals surface area contributed by atoms with E-state index in [1.54, 1.807) is 56.4 Å². The largest absolute Gasteiger partial charge is 0.493 e. The van der Waals surface area contributed by atoms with E-state index in [2.05, 4.69) is 9.71 Å². The molecule has 3 aromatic rings. The first-order valence-electron chi connectivity index (χ1n) is 8.12. The van der Waals surface area contributed by atoms with E-state index in [0.717, 1.165) is 0 Å². The van der Waals surface area contributed by atoms with E-state index in [-0.39, 0.29) is 4.90 Å². The number of aromatic nitrogens is 1. The standard InChI is InChI=1S/C19H20N2O5S/c1-12-5-6-14(18-11-20-13(2)26-18)9-19(12)27(22,23)21-15-7-8-16(24-3)17(10-15)25-4/h5-11,21H,1-4H3. The molecule has 0 aliphatic rings. The number of sulfonamides is 1. The first-order valence-corrected chi connectivity index (χ1v) is 9.60. The van der Waals surface area contributed by atoms with Gasteiger partial charge >= 0.3 is 0 Å². The van der Waals surface area contributed by atoms with Crippen LogP contribution in [0.2, 0.25) is 0 Å². The van der Waals surface area contributed by atoms with Gasteiger partial charge in [-0.1, -0.05) is 12.1 Å². The van der Waals surface area contributed by atoms with Crippen LogP contribution >= 0.6 is 0 Å². The Hall–Kier alpha value is -3.00. The second kappa shape index (κ2) is 7.32. The zero-order chi connectivity index (χ0) is 19.6. The molecule has 0 fully saturated rings. The SMILES string of the molecule is COc1ccc(NS(=O)(=O)c2cc(-c3cnc(C)o3)ccc2C)cc1OC. The van der Waals surface area contributed by atoms with Gasteiger partial charge in [-0.15, -0.1) is 0 Å². The summed E-state index contributed by atoms with van der Waals surface area (Å²) in [6.07, 6.45) is 1.57. The van der Waals surface area contributed by atoms with Crippen LogP contribution in [0, 0.1) is 13.8 Å². The summed E-state index contributed by atoms with van der Waals surface area (Å²) < 4.78 is 44.3. The molecule has 0 atom stereocenters. The number of hydrogen-bond acceptors (Lipinski definition) is 6. The number of aryl methyl sites for hydroxylation is 2. The molecule has 3 rings (SSSR count). The van der Waals surface area contributed by atoms with Crippen molar-refractivity contribution < 1.29 is 22.3 Å². The molecule has 0 saturated carbocycles. The molecule has 0 bridgehead atoms. The van der Waals surface area contributed by atoms with Crippen molar-refractivity contribution >= 4 is 15.7 Å². The maximum absolute atomic E-state index is 12.9. The number of oxazole rings is 1. The minimum absolute atomic E-state index is 0.156. The van der Waals surface area contributed by atoms with Gasteiger partial charge < -0.3 is 13.9 Å². The van der Waals surface area contributed by atoms with E-state index < -0.39 is 10.0 Å². The third-order valence-electron chi connectivity index (χ3n) is 4.02. The van der Waals surface area contributed by atoms with Crippen LogP contribution in [0.4, 0.5) is 5.69 Å². The molecule has 0 spiro atoms. The highest BCUT2D eigenvalue weighted by Crippen LogP contribution is 2.32. The second-order valence-electron chi connectivity index (χ2n) is 5.90. The van der Waals surface area contributed by atoms with Gasteiger partial charge in [-0.2, -0.15) is 0 Å². The minimum Gasteiger partial charge on any atom is -0.493 e. The molecule has 8 heteroatoms. The number of nitrogens with one attached hydrogen (secondary N) is 1. The smallest absolute Gasteiger partial charge is 0.262 e. The second-order valence-corrected chi connectivity index (χ2v) is 7.55. The molecule has 1 aromatic heterocycles. The molecular weight excluding hydrogens is 368 g/mol. The Labute approximate surface area is 158 Å². The predicted molar refractivity (Wildman–Crippen MR) is 102 cm³/mol. The molecule has 0 saturated heterocycles. The first kappa shape index (κ1) is 18.8. The van der Waals surface area contributed by atoms with Crippen LogP contribution in [-0.4, -0.2) is 27.6 Å². The van der Waals surface area contributed by atoms with Crippen molar-refractivity contribution in [1.82, 2.24) is 4.98 Å². The van der Waals surface area contributed by atoms with E-state index in [4.69, 9.17) is 13.9 Å². The fourth-order valence-corrected chi connectivity index (χ4v) is 3.97. The Morgan fingerprint density at radius 1 is 1.00 bits per heavy atom. The summed E-state index contributed by atoms with van der Waals surface area (Å²) in [6, 6.07) is 9.91. The maximum Gasteiger partial charge on any atom is 0.262 e. The zero-order valence-corrected chi connectivity index (χ0v) is 16.3. The molecule has 1 N–H and O–H groups in total. The maximum atomic E-state index is 12.9. The molecule has 27 heavy (non-hydrogen) atoms. The normalized spacial score (nSPS) is 11.3. The van der Waals surface area contributed by atoms with Gasteiger partial charge in [0.25, 0.3) is 10.0 Å². The lowest BCUT2D eigenvalue weighted by atomic mass is 10.1. The Bertz CT molecular complexity index is 1070. The molecule has 1 heterocycles. The average molecular weight is 388 g/mol. The molecular formula is C19H20N2O5S. The minimum atomic E-state index is -3.82. The highest BCUT2D eigenvalue weighted by atomic mass is 32.2. The van der Waals surface area contributed by atoms with Gasteiger partial charge in [-0.05, 0) is 30.7 Å². The number of anilines is 1. The number of methoxy groups -OCH3 is 2. The molecule has 0 amide bonds. The number of benzene rings is 2. The molecule has 142 valence electrons. The first-order chi connectivity index (χ1) is 12.8. The van der Waals surface area contributed by atoms with Crippen LogP contribution in [0.5, 0.6) is 11.5 Å². The van der Waals surface area contributed by atoms with E-state index in [1.165, 1.54) is 14.2 Å². The predicted octanol–water partition coefficient (Wildman–Crippen LogP) is 3.78. The fraction of sp³-hybridized carbons (Fsp3) is 0.211. The molecule has 0 aliphatic carbocycles. The van der Waals surface area contributed by atoms with Crippen LogP contribution < -0.4 is 14.2 Å². The van der Waals surface area contributed by atoms with Gasteiger partial charge in [-0.3, -0.25) is 4.72 Å². The van der Waals surface area contributed by atoms with Crippen molar-refractivity contribution in [2.24, 2.45) is 0 Å². The monoisotopic (exact) mass is 388 g/mol. The number of rotatable bonds is 6. The van der Waals surface area contributed by atoms with Crippen molar-refractivity contribution in [2.75, 3.05) is 18.9 Å². The quantitative estimate of drug-likeness (QED) is 0.691. The highest BCUT2D eigenvalue weighted by molar-refractivity contribution is 7.92. The molecule has 0 radical (unpaired) electrons. The zero-order valence-electron chi connectivity index (χ0n) is 15.4. The van der Waals surface area contributed by atoms with Gasteiger partial charge in [0, 0.05) is 18.6 Å². The Morgan fingerprint density at radius 2 is 1.74 bits per heavy atom. The van der Waals surface area contributed by atoms with Gasteiger partial charge in [-0.25, -0.2) is 13.4 Å². The fourth-order valence-electron chi connectivity index (χ4n) is 2.65. The summed E-state index contributed by atoms with van der Waals surface area (Å²) >= 11 is 0. The lowest BCUT2D eigenvalue weighted by Gasteiger charge is -2.13. The third-order valence-corrected chi connectivity index (χ3v) is 5.54. The average Bonchev–Trinajstić information content (AvgIpc) is 3.07. The van der Waals surface area contributed by atoms with Gasteiger partial charge in [0.2, 0.25) is 0 Å². The van der Waals surface area contributed by atoms with Gasteiger partial charge in [0.1, 0.15) is 0 Å². The van der Waals surface area contributed by atoms with E-state index in [0.29, 0.717) is 40.0 Å². The summed E-state index contributed by atoms with van der Waals surface area (Å²) in [5.74, 6) is 1.97. The third kappa shape index (κ3) is 3.90. The molecule has 7 nitrogen and oxygen atoms in total. The summed E-state index contributed by atoms with van der Waals surface area (Å²) in [5, 5.41) is 0. The Kier molecular flexibility index (Phi) is 5.09. The van der Waals surface area contributed by atoms with E-state index >= 15 is 0 Å². The summed E-state index contributed by atoms with van der Waals surface area (Å²) in [6.45, 7) is 3.46. The number of hydrogen-bond donors (Lipinski definition) is 1. The van der Waals surface area contributed by atoms with Crippen LogP contribution in [0.1, 0.15) is 11.5 Å². The van der Waals surface area contributed by atoms with Crippen LogP contribution in [0.25, 0.3) is 11.3 Å².